The molecule has 1 saturated heterocycles. The average molecular weight is 342 g/mol. The smallest absolute Gasteiger partial charge is 0.307 e. The van der Waals surface area contributed by atoms with Gasteiger partial charge in [-0.05, 0) is 49.7 Å². The maximum absolute atomic E-state index is 13.0. The van der Waals surface area contributed by atoms with Gasteiger partial charge in [-0.25, -0.2) is 0 Å². The molecule has 1 heterocycles. The van der Waals surface area contributed by atoms with E-state index in [0.717, 1.165) is 38.8 Å². The molecule has 2 saturated carbocycles. The lowest BCUT2D eigenvalue weighted by atomic mass is 9.71. The van der Waals surface area contributed by atoms with Gasteiger partial charge in [0.05, 0.1) is 11.8 Å². The van der Waals surface area contributed by atoms with Crippen molar-refractivity contribution in [3.8, 4) is 0 Å². The van der Waals surface area contributed by atoms with Crippen LogP contribution in [-0.4, -0.2) is 48.1 Å². The number of benzene rings is 1. The summed E-state index contributed by atoms with van der Waals surface area (Å²) in [5, 5.41) is 9.63. The minimum atomic E-state index is -0.785. The molecule has 1 aromatic carbocycles. The monoisotopic (exact) mass is 342 g/mol. The summed E-state index contributed by atoms with van der Waals surface area (Å²) < 4.78 is 0. The molecular formula is C20H26N2O3. The van der Waals surface area contributed by atoms with E-state index in [0.29, 0.717) is 19.5 Å². The third-order valence-corrected chi connectivity index (χ3v) is 6.43. The van der Waals surface area contributed by atoms with Gasteiger partial charge in [-0.15, -0.1) is 0 Å². The Kier molecular flexibility index (Phi) is 4.18. The fourth-order valence-electron chi connectivity index (χ4n) is 4.62. The molecule has 1 aromatic rings. The summed E-state index contributed by atoms with van der Waals surface area (Å²) in [6, 6.07) is 10.2. The minimum absolute atomic E-state index is 0.0654. The number of piperazine rings is 1. The topological polar surface area (TPSA) is 60.9 Å². The van der Waals surface area contributed by atoms with Crippen molar-refractivity contribution in [3.05, 3.63) is 30.3 Å². The first kappa shape index (κ1) is 16.4. The Balaban J connectivity index is 1.39. The molecular weight excluding hydrogens is 316 g/mol. The summed E-state index contributed by atoms with van der Waals surface area (Å²) in [7, 11) is 0. The van der Waals surface area contributed by atoms with E-state index in [1.165, 1.54) is 5.69 Å². The molecule has 1 N–H and O–H groups in total. The minimum Gasteiger partial charge on any atom is -0.481 e. The fourth-order valence-corrected chi connectivity index (χ4v) is 4.62. The van der Waals surface area contributed by atoms with E-state index in [4.69, 9.17) is 0 Å². The molecule has 0 aromatic heterocycles. The van der Waals surface area contributed by atoms with Gasteiger partial charge in [0.1, 0.15) is 0 Å². The van der Waals surface area contributed by atoms with E-state index in [2.05, 4.69) is 17.0 Å². The molecule has 2 aliphatic carbocycles. The molecule has 1 spiro atoms. The van der Waals surface area contributed by atoms with Crippen LogP contribution in [0.5, 0.6) is 0 Å². The van der Waals surface area contributed by atoms with Crippen molar-refractivity contribution in [2.45, 2.75) is 32.1 Å². The van der Waals surface area contributed by atoms with Gasteiger partial charge in [0.15, 0.2) is 0 Å². The second-order valence-corrected chi connectivity index (χ2v) is 7.94. The van der Waals surface area contributed by atoms with Crippen molar-refractivity contribution >= 4 is 17.6 Å². The highest BCUT2D eigenvalue weighted by atomic mass is 16.4. The molecule has 25 heavy (non-hydrogen) atoms. The lowest BCUT2D eigenvalue weighted by molar-refractivity contribution is -0.153. The molecule has 0 bridgehead atoms. The van der Waals surface area contributed by atoms with E-state index < -0.39 is 11.9 Å². The molecule has 5 nitrogen and oxygen atoms in total. The Labute approximate surface area is 148 Å². The third-order valence-electron chi connectivity index (χ3n) is 6.43. The van der Waals surface area contributed by atoms with Crippen LogP contribution in [0.4, 0.5) is 5.69 Å². The second-order valence-electron chi connectivity index (χ2n) is 7.94. The predicted octanol–water partition coefficient (Wildman–Crippen LogP) is 2.62. The van der Waals surface area contributed by atoms with Crippen LogP contribution in [0.3, 0.4) is 0 Å². The van der Waals surface area contributed by atoms with Crippen LogP contribution in [0.2, 0.25) is 0 Å². The molecule has 3 aliphatic rings. The van der Waals surface area contributed by atoms with Crippen LogP contribution in [0.15, 0.2) is 30.3 Å². The highest BCUT2D eigenvalue weighted by molar-refractivity contribution is 5.85. The lowest BCUT2D eigenvalue weighted by Crippen LogP contribution is -2.52. The number of carboxylic acids is 1. The van der Waals surface area contributed by atoms with E-state index in [9.17, 15) is 14.7 Å². The zero-order valence-electron chi connectivity index (χ0n) is 14.6. The molecule has 1 amide bonds. The molecule has 134 valence electrons. The van der Waals surface area contributed by atoms with Crippen LogP contribution < -0.4 is 4.90 Å². The summed E-state index contributed by atoms with van der Waals surface area (Å²) in [5.74, 6) is -1.54. The molecule has 1 aliphatic heterocycles. The largest absolute Gasteiger partial charge is 0.481 e. The van der Waals surface area contributed by atoms with Crippen molar-refractivity contribution in [1.82, 2.24) is 4.90 Å². The molecule has 0 radical (unpaired) electrons. The number of carbonyl (C=O) groups excluding carboxylic acids is 1. The maximum Gasteiger partial charge on any atom is 0.307 e. The predicted molar refractivity (Wildman–Crippen MR) is 95.4 cm³/mol. The second kappa shape index (κ2) is 6.36. The third kappa shape index (κ3) is 3.24. The van der Waals surface area contributed by atoms with Gasteiger partial charge in [0.25, 0.3) is 0 Å². The van der Waals surface area contributed by atoms with E-state index in [1.54, 1.807) is 0 Å². The van der Waals surface area contributed by atoms with Crippen molar-refractivity contribution in [3.63, 3.8) is 0 Å². The lowest BCUT2D eigenvalue weighted by Gasteiger charge is -2.40. The maximum atomic E-state index is 13.0. The zero-order valence-corrected chi connectivity index (χ0v) is 14.6. The highest BCUT2D eigenvalue weighted by Crippen LogP contribution is 2.59. The number of hydrogen-bond acceptors (Lipinski definition) is 3. The van der Waals surface area contributed by atoms with Gasteiger partial charge < -0.3 is 14.9 Å². The number of anilines is 1. The molecule has 2 unspecified atom stereocenters. The van der Waals surface area contributed by atoms with Crippen LogP contribution in [0.25, 0.3) is 0 Å². The summed E-state index contributed by atoms with van der Waals surface area (Å²) in [4.78, 5) is 28.9. The first-order valence-electron chi connectivity index (χ1n) is 9.40. The Bertz CT molecular complexity index is 648. The number of carbonyl (C=O) groups is 2. The van der Waals surface area contributed by atoms with Gasteiger partial charge >= 0.3 is 5.97 Å². The van der Waals surface area contributed by atoms with E-state index in [1.807, 2.05) is 23.1 Å². The van der Waals surface area contributed by atoms with Gasteiger partial charge in [0, 0.05) is 31.9 Å². The first-order chi connectivity index (χ1) is 12.1. The SMILES string of the molecule is O=C(O)C1CC2(CCC1C(=O)N1CCN(c3ccccc3)CC1)CC2. The quantitative estimate of drug-likeness (QED) is 0.917. The number of hydrogen-bond donors (Lipinski definition) is 1. The molecule has 3 fully saturated rings. The van der Waals surface area contributed by atoms with Gasteiger partial charge in [-0.1, -0.05) is 18.2 Å². The summed E-state index contributed by atoms with van der Waals surface area (Å²) in [5.41, 5.74) is 1.44. The van der Waals surface area contributed by atoms with Crippen LogP contribution in [0.1, 0.15) is 32.1 Å². The number of carboxylic acid groups (broad SMARTS) is 1. The molecule has 4 rings (SSSR count). The van der Waals surface area contributed by atoms with E-state index >= 15 is 0 Å². The summed E-state index contributed by atoms with van der Waals surface area (Å²) >= 11 is 0. The fraction of sp³-hybridized carbons (Fsp3) is 0.600. The number of nitrogens with zero attached hydrogens (tertiary/aromatic N) is 2. The standard InChI is InChI=1S/C20H26N2O3/c23-18(16-6-7-20(8-9-20)14-17(16)19(24)25)22-12-10-21(11-13-22)15-4-2-1-3-5-15/h1-5,16-17H,6-14H2,(H,24,25). The number of para-hydroxylation sites is 1. The normalized spacial score (nSPS) is 28.0. The van der Waals surface area contributed by atoms with Crippen molar-refractivity contribution < 1.29 is 14.7 Å². The van der Waals surface area contributed by atoms with Gasteiger partial charge in [-0.2, -0.15) is 0 Å². The average Bonchev–Trinajstić information content (AvgIpc) is 3.41. The van der Waals surface area contributed by atoms with Crippen LogP contribution >= 0.6 is 0 Å². The summed E-state index contributed by atoms with van der Waals surface area (Å²) in [6.45, 7) is 2.98. The van der Waals surface area contributed by atoms with Crippen molar-refractivity contribution in [1.29, 1.82) is 0 Å². The van der Waals surface area contributed by atoms with Crippen molar-refractivity contribution in [2.75, 3.05) is 31.1 Å². The van der Waals surface area contributed by atoms with Crippen molar-refractivity contribution in [2.24, 2.45) is 17.3 Å². The summed E-state index contributed by atoms with van der Waals surface area (Å²) in [6.07, 6.45) is 4.76. The Morgan fingerprint density at radius 1 is 0.960 bits per heavy atom. The highest BCUT2D eigenvalue weighted by Gasteiger charge is 2.52. The van der Waals surface area contributed by atoms with Gasteiger partial charge in [0.2, 0.25) is 5.91 Å². The zero-order chi connectivity index (χ0) is 17.4. The number of aliphatic carboxylic acids is 1. The number of rotatable bonds is 3. The Hall–Kier alpha value is -2.04. The van der Waals surface area contributed by atoms with Gasteiger partial charge in [-0.3, -0.25) is 9.59 Å². The first-order valence-corrected chi connectivity index (χ1v) is 9.40. The number of amides is 1. The molecule has 5 heteroatoms. The Morgan fingerprint density at radius 2 is 1.64 bits per heavy atom. The Morgan fingerprint density at radius 3 is 2.24 bits per heavy atom. The molecule has 2 atom stereocenters. The van der Waals surface area contributed by atoms with E-state index in [-0.39, 0.29) is 17.2 Å². The van der Waals surface area contributed by atoms with Crippen LogP contribution in [0, 0.1) is 17.3 Å². The van der Waals surface area contributed by atoms with Crippen LogP contribution in [-0.2, 0) is 9.59 Å².